The summed E-state index contributed by atoms with van der Waals surface area (Å²) in [5.41, 5.74) is 2.18. The third kappa shape index (κ3) is 3.34. The molecule has 0 saturated carbocycles. The first-order valence-electron chi connectivity index (χ1n) is 8.59. The minimum atomic E-state index is -0.532. The Balaban J connectivity index is 1.70. The lowest BCUT2D eigenvalue weighted by molar-refractivity contribution is -0.122. The van der Waals surface area contributed by atoms with Crippen molar-refractivity contribution in [2.45, 2.75) is 0 Å². The van der Waals surface area contributed by atoms with Crippen LogP contribution in [-0.2, 0) is 9.59 Å². The smallest absolute Gasteiger partial charge is 0.270 e. The Kier molecular flexibility index (Phi) is 4.78. The lowest BCUT2D eigenvalue weighted by atomic mass is 10.1. The van der Waals surface area contributed by atoms with Gasteiger partial charge in [-0.25, -0.2) is 0 Å². The first-order valence-corrected chi connectivity index (χ1v) is 9.37. The Bertz CT molecular complexity index is 1020. The maximum Gasteiger partial charge on any atom is 0.270 e. The number of anilines is 2. The van der Waals surface area contributed by atoms with Gasteiger partial charge in [-0.05, 0) is 60.3 Å². The predicted molar refractivity (Wildman–Crippen MR) is 113 cm³/mol. The average molecular weight is 414 g/mol. The number of ether oxygens (including phenoxy) is 1. The number of carbonyl (C=O) groups excluding carboxylic acids is 2. The molecule has 0 aliphatic carbocycles. The average Bonchev–Trinajstić information content (AvgIpc) is 2.66. The van der Waals surface area contributed by atoms with Crippen LogP contribution in [0, 0.1) is 0 Å². The van der Waals surface area contributed by atoms with Crippen molar-refractivity contribution in [2.24, 2.45) is 0 Å². The van der Waals surface area contributed by atoms with E-state index in [0.29, 0.717) is 22.9 Å². The summed E-state index contributed by atoms with van der Waals surface area (Å²) < 4.78 is 5.70. The zero-order valence-corrected chi connectivity index (χ0v) is 16.5. The van der Waals surface area contributed by atoms with Crippen LogP contribution in [0.15, 0.2) is 48.0 Å². The van der Waals surface area contributed by atoms with Crippen molar-refractivity contribution in [3.63, 3.8) is 0 Å². The van der Waals surface area contributed by atoms with Crippen LogP contribution >= 0.6 is 23.8 Å². The molecular formula is C20H16ClN3O3S. The monoisotopic (exact) mass is 413 g/mol. The molecule has 142 valence electrons. The van der Waals surface area contributed by atoms with E-state index in [0.717, 1.165) is 18.0 Å². The second kappa shape index (κ2) is 7.26. The highest BCUT2D eigenvalue weighted by molar-refractivity contribution is 7.80. The summed E-state index contributed by atoms with van der Waals surface area (Å²) in [6.45, 7) is 1.39. The van der Waals surface area contributed by atoms with Gasteiger partial charge in [0.15, 0.2) is 5.11 Å². The summed E-state index contributed by atoms with van der Waals surface area (Å²) in [5.74, 6) is -0.306. The lowest BCUT2D eigenvalue weighted by Crippen LogP contribution is -2.54. The van der Waals surface area contributed by atoms with Crippen molar-refractivity contribution in [2.75, 3.05) is 30.0 Å². The standard InChI is InChI=1S/C20H16ClN3O3S/c1-23-8-9-27-17-11-12(2-7-16(17)23)10-15-18(25)22-20(28)24(19(15)26)14-5-3-13(21)4-6-14/h2-7,10-11H,8-9H2,1H3,(H,22,25,28)/b15-10-. The van der Waals surface area contributed by atoms with Gasteiger partial charge in [0.1, 0.15) is 17.9 Å². The fourth-order valence-electron chi connectivity index (χ4n) is 3.11. The van der Waals surface area contributed by atoms with Gasteiger partial charge in [0.05, 0.1) is 17.9 Å². The first-order chi connectivity index (χ1) is 13.4. The molecule has 1 fully saturated rings. The third-order valence-corrected chi connectivity index (χ3v) is 5.11. The third-order valence-electron chi connectivity index (χ3n) is 4.58. The predicted octanol–water partition coefficient (Wildman–Crippen LogP) is 3.00. The molecule has 0 spiro atoms. The Labute approximate surface area is 172 Å². The fourth-order valence-corrected chi connectivity index (χ4v) is 3.52. The highest BCUT2D eigenvalue weighted by Gasteiger charge is 2.34. The highest BCUT2D eigenvalue weighted by atomic mass is 35.5. The van der Waals surface area contributed by atoms with Crippen molar-refractivity contribution in [1.82, 2.24) is 5.32 Å². The molecule has 0 aromatic heterocycles. The maximum atomic E-state index is 13.0. The Morgan fingerprint density at radius 2 is 1.93 bits per heavy atom. The van der Waals surface area contributed by atoms with Crippen molar-refractivity contribution >= 4 is 58.2 Å². The SMILES string of the molecule is CN1CCOc2cc(/C=C3/C(=O)NC(=S)N(c4ccc(Cl)cc4)C3=O)ccc21. The van der Waals surface area contributed by atoms with Crippen LogP contribution in [0.2, 0.25) is 5.02 Å². The summed E-state index contributed by atoms with van der Waals surface area (Å²) in [7, 11) is 1.99. The molecule has 0 atom stereocenters. The Hall–Kier alpha value is -2.90. The quantitative estimate of drug-likeness (QED) is 0.466. The van der Waals surface area contributed by atoms with Crippen LogP contribution < -0.4 is 19.9 Å². The normalized spacial score (nSPS) is 18.1. The number of nitrogens with zero attached hydrogens (tertiary/aromatic N) is 2. The maximum absolute atomic E-state index is 13.0. The summed E-state index contributed by atoms with van der Waals surface area (Å²) in [6, 6.07) is 12.2. The van der Waals surface area contributed by atoms with Crippen molar-refractivity contribution in [3.05, 3.63) is 58.6 Å². The molecule has 2 aromatic rings. The molecule has 2 aromatic carbocycles. The van der Waals surface area contributed by atoms with Gasteiger partial charge in [0.2, 0.25) is 0 Å². The van der Waals surface area contributed by atoms with E-state index < -0.39 is 11.8 Å². The van der Waals surface area contributed by atoms with E-state index in [1.54, 1.807) is 30.3 Å². The Morgan fingerprint density at radius 1 is 1.18 bits per heavy atom. The van der Waals surface area contributed by atoms with Gasteiger partial charge in [-0.2, -0.15) is 0 Å². The number of amides is 2. The number of rotatable bonds is 2. The zero-order valence-electron chi connectivity index (χ0n) is 14.9. The molecule has 6 nitrogen and oxygen atoms in total. The number of halogens is 1. The summed E-state index contributed by atoms with van der Waals surface area (Å²) >= 11 is 11.1. The summed E-state index contributed by atoms with van der Waals surface area (Å²) in [6.07, 6.45) is 1.54. The van der Waals surface area contributed by atoms with E-state index in [-0.39, 0.29) is 10.7 Å². The van der Waals surface area contributed by atoms with E-state index in [2.05, 4.69) is 10.2 Å². The van der Waals surface area contributed by atoms with Gasteiger partial charge < -0.3 is 9.64 Å². The molecule has 0 radical (unpaired) electrons. The second-order valence-electron chi connectivity index (χ2n) is 6.43. The van der Waals surface area contributed by atoms with Crippen LogP contribution in [0.3, 0.4) is 0 Å². The molecule has 1 N–H and O–H groups in total. The molecule has 2 aliphatic heterocycles. The van der Waals surface area contributed by atoms with Crippen molar-refractivity contribution in [3.8, 4) is 5.75 Å². The lowest BCUT2D eigenvalue weighted by Gasteiger charge is -2.29. The minimum Gasteiger partial charge on any atom is -0.490 e. The van der Waals surface area contributed by atoms with E-state index in [1.165, 1.54) is 4.90 Å². The minimum absolute atomic E-state index is 0.00679. The molecule has 8 heteroatoms. The Morgan fingerprint density at radius 3 is 2.68 bits per heavy atom. The number of fused-ring (bicyclic) bond motifs is 1. The number of likely N-dealkylation sites (N-methyl/N-ethyl adjacent to an activating group) is 1. The molecule has 4 rings (SSSR count). The van der Waals surface area contributed by atoms with Gasteiger partial charge in [0.25, 0.3) is 11.8 Å². The van der Waals surface area contributed by atoms with Crippen LogP contribution in [0.25, 0.3) is 6.08 Å². The van der Waals surface area contributed by atoms with Crippen LogP contribution in [0.1, 0.15) is 5.56 Å². The molecule has 2 aliphatic rings. The molecule has 0 unspecified atom stereocenters. The van der Waals surface area contributed by atoms with E-state index in [1.807, 2.05) is 25.2 Å². The number of hydrogen-bond acceptors (Lipinski definition) is 5. The van der Waals surface area contributed by atoms with Crippen LogP contribution in [0.5, 0.6) is 5.75 Å². The number of hydrogen-bond donors (Lipinski definition) is 1. The van der Waals surface area contributed by atoms with E-state index in [4.69, 9.17) is 28.6 Å². The second-order valence-corrected chi connectivity index (χ2v) is 7.25. The van der Waals surface area contributed by atoms with Crippen LogP contribution in [0.4, 0.5) is 11.4 Å². The van der Waals surface area contributed by atoms with Gasteiger partial charge in [-0.1, -0.05) is 17.7 Å². The number of carbonyl (C=O) groups is 2. The van der Waals surface area contributed by atoms with Crippen LogP contribution in [-0.4, -0.2) is 37.1 Å². The first kappa shape index (κ1) is 18.5. The number of nitrogens with one attached hydrogen (secondary N) is 1. The van der Waals surface area contributed by atoms with Gasteiger partial charge in [-0.3, -0.25) is 19.8 Å². The zero-order chi connectivity index (χ0) is 19.8. The van der Waals surface area contributed by atoms with Crippen molar-refractivity contribution < 1.29 is 14.3 Å². The highest BCUT2D eigenvalue weighted by Crippen LogP contribution is 2.32. The molecule has 28 heavy (non-hydrogen) atoms. The van der Waals surface area contributed by atoms with Gasteiger partial charge >= 0.3 is 0 Å². The van der Waals surface area contributed by atoms with Gasteiger partial charge in [-0.15, -0.1) is 0 Å². The molecular weight excluding hydrogens is 398 g/mol. The summed E-state index contributed by atoms with van der Waals surface area (Å²) in [5, 5.41) is 3.14. The van der Waals surface area contributed by atoms with Gasteiger partial charge in [0, 0.05) is 12.1 Å². The molecule has 2 amide bonds. The molecule has 0 bridgehead atoms. The molecule has 2 heterocycles. The van der Waals surface area contributed by atoms with E-state index >= 15 is 0 Å². The largest absolute Gasteiger partial charge is 0.490 e. The number of benzene rings is 2. The summed E-state index contributed by atoms with van der Waals surface area (Å²) in [4.78, 5) is 28.8. The van der Waals surface area contributed by atoms with Crippen molar-refractivity contribution in [1.29, 1.82) is 0 Å². The molecule has 1 saturated heterocycles. The van der Waals surface area contributed by atoms with E-state index in [9.17, 15) is 9.59 Å². The topological polar surface area (TPSA) is 61.9 Å². The fraction of sp³-hybridized carbons (Fsp3) is 0.150. The number of thiocarbonyl (C=S) groups is 1.